The highest BCUT2D eigenvalue weighted by Crippen LogP contribution is 2.63. The fourth-order valence-corrected chi connectivity index (χ4v) is 4.74. The van der Waals surface area contributed by atoms with Crippen molar-refractivity contribution in [2.24, 2.45) is 10.6 Å². The Balaban J connectivity index is 1.68. The second-order valence-corrected chi connectivity index (χ2v) is 9.48. The second kappa shape index (κ2) is 6.36. The Morgan fingerprint density at radius 1 is 0.846 bits per heavy atom. The zero-order valence-electron chi connectivity index (χ0n) is 15.2. The van der Waals surface area contributed by atoms with E-state index in [1.165, 1.54) is 40.7 Å². The van der Waals surface area contributed by atoms with Crippen molar-refractivity contribution in [3.8, 4) is 0 Å². The number of allylic oxidation sites excluding steroid dienone is 2. The maximum atomic E-state index is 11.3. The number of primary sulfonamides is 1. The van der Waals surface area contributed by atoms with Crippen LogP contribution in [0.4, 0.5) is 0 Å². The van der Waals surface area contributed by atoms with Crippen LogP contribution in [-0.4, -0.2) is 8.42 Å². The summed E-state index contributed by atoms with van der Waals surface area (Å²) < 4.78 is 22.6. The van der Waals surface area contributed by atoms with Crippen LogP contribution in [0.3, 0.4) is 0 Å². The van der Waals surface area contributed by atoms with E-state index in [1.54, 1.807) is 0 Å². The Morgan fingerprint density at radius 2 is 1.31 bits per heavy atom. The van der Waals surface area contributed by atoms with Gasteiger partial charge in [-0.05, 0) is 70.9 Å². The maximum Gasteiger partial charge on any atom is 0.213 e. The Bertz CT molecular complexity index is 950. The fourth-order valence-electron chi connectivity index (χ4n) is 4.08. The summed E-state index contributed by atoms with van der Waals surface area (Å²) in [5.74, 6) is -0.110. The lowest BCUT2D eigenvalue weighted by Gasteiger charge is -2.10. The first kappa shape index (κ1) is 17.5. The lowest BCUT2D eigenvalue weighted by Crippen LogP contribution is -2.14. The van der Waals surface area contributed by atoms with Crippen LogP contribution in [-0.2, 0) is 22.2 Å². The van der Waals surface area contributed by atoms with E-state index < -0.39 is 10.0 Å². The molecule has 0 unspecified atom stereocenters. The van der Waals surface area contributed by atoms with E-state index in [2.05, 4.69) is 43.3 Å². The Labute approximate surface area is 156 Å². The molecular formula is C22H25NO2S. The van der Waals surface area contributed by atoms with Gasteiger partial charge in [-0.25, -0.2) is 13.6 Å². The Kier molecular flexibility index (Phi) is 4.28. The van der Waals surface area contributed by atoms with Gasteiger partial charge in [0.15, 0.2) is 0 Å². The van der Waals surface area contributed by atoms with Gasteiger partial charge in [0, 0.05) is 0 Å². The minimum Gasteiger partial charge on any atom is -0.228 e. The average Bonchev–Trinajstić information content (AvgIpc) is 3.25. The molecule has 4 heteroatoms. The lowest BCUT2D eigenvalue weighted by molar-refractivity contribution is 0.568. The third-order valence-corrected chi connectivity index (χ3v) is 6.54. The first-order chi connectivity index (χ1) is 12.4. The van der Waals surface area contributed by atoms with Gasteiger partial charge in [-0.2, -0.15) is 0 Å². The van der Waals surface area contributed by atoms with Crippen LogP contribution in [0.5, 0.6) is 0 Å². The van der Waals surface area contributed by atoms with Crippen LogP contribution in [0.1, 0.15) is 54.9 Å². The molecule has 2 aromatic rings. The molecule has 0 bridgehead atoms. The number of hydrogen-bond acceptors (Lipinski definition) is 2. The van der Waals surface area contributed by atoms with E-state index in [0.29, 0.717) is 5.41 Å². The van der Waals surface area contributed by atoms with Gasteiger partial charge in [-0.1, -0.05) is 55.5 Å². The molecule has 26 heavy (non-hydrogen) atoms. The molecule has 0 atom stereocenters. The van der Waals surface area contributed by atoms with Crippen LogP contribution >= 0.6 is 0 Å². The smallest absolute Gasteiger partial charge is 0.213 e. The molecule has 0 aromatic heterocycles. The first-order valence-corrected chi connectivity index (χ1v) is 11.0. The van der Waals surface area contributed by atoms with E-state index in [1.807, 2.05) is 12.1 Å². The lowest BCUT2D eigenvalue weighted by atomic mass is 9.95. The molecule has 2 aliphatic rings. The minimum atomic E-state index is -3.49. The number of benzene rings is 2. The van der Waals surface area contributed by atoms with E-state index in [0.717, 1.165) is 24.8 Å². The quantitative estimate of drug-likeness (QED) is 0.844. The van der Waals surface area contributed by atoms with Gasteiger partial charge < -0.3 is 0 Å². The van der Waals surface area contributed by atoms with Crippen molar-refractivity contribution in [3.05, 3.63) is 70.8 Å². The number of rotatable bonds is 5. The molecule has 1 fully saturated rings. The van der Waals surface area contributed by atoms with E-state index in [4.69, 9.17) is 5.14 Å². The van der Waals surface area contributed by atoms with E-state index >= 15 is 0 Å². The van der Waals surface area contributed by atoms with Gasteiger partial charge in [-0.3, -0.25) is 0 Å². The summed E-state index contributed by atoms with van der Waals surface area (Å²) in [6.45, 7) is 2.18. The number of aryl methyl sites for hydroxylation is 1. The summed E-state index contributed by atoms with van der Waals surface area (Å²) in [4.78, 5) is 0. The highest BCUT2D eigenvalue weighted by atomic mass is 32.2. The summed E-state index contributed by atoms with van der Waals surface area (Å²) >= 11 is 0. The molecule has 0 saturated heterocycles. The second-order valence-electron chi connectivity index (χ2n) is 7.87. The molecule has 0 aliphatic heterocycles. The van der Waals surface area contributed by atoms with E-state index in [9.17, 15) is 8.42 Å². The van der Waals surface area contributed by atoms with Crippen molar-refractivity contribution >= 4 is 21.2 Å². The summed E-state index contributed by atoms with van der Waals surface area (Å²) in [6.07, 6.45) is 5.98. The molecule has 4 rings (SSSR count). The predicted molar refractivity (Wildman–Crippen MR) is 107 cm³/mol. The van der Waals surface area contributed by atoms with Gasteiger partial charge in [0.1, 0.15) is 0 Å². The number of hydrogen-bond donors (Lipinski definition) is 1. The van der Waals surface area contributed by atoms with Crippen LogP contribution in [0.25, 0.3) is 11.1 Å². The molecule has 136 valence electrons. The van der Waals surface area contributed by atoms with Crippen molar-refractivity contribution < 1.29 is 8.42 Å². The maximum absolute atomic E-state index is 11.3. The van der Waals surface area contributed by atoms with Crippen LogP contribution in [0, 0.1) is 5.41 Å². The van der Waals surface area contributed by atoms with Crippen molar-refractivity contribution in [1.29, 1.82) is 0 Å². The summed E-state index contributed by atoms with van der Waals surface area (Å²) in [5, 5.41) is 5.16. The zero-order valence-corrected chi connectivity index (χ0v) is 16.0. The van der Waals surface area contributed by atoms with Gasteiger partial charge in [0.2, 0.25) is 10.0 Å². The predicted octanol–water partition coefficient (Wildman–Crippen LogP) is 4.52. The molecule has 0 heterocycles. The Morgan fingerprint density at radius 3 is 1.69 bits per heavy atom. The summed E-state index contributed by atoms with van der Waals surface area (Å²) in [7, 11) is -3.49. The molecule has 1 saturated carbocycles. The van der Waals surface area contributed by atoms with Gasteiger partial charge >= 0.3 is 0 Å². The SMILES string of the molecule is CCc1ccc(C2=C(c3ccc(CS(N)(=O)=O)cc3)CC3(CC3)C2)cc1. The first-order valence-electron chi connectivity index (χ1n) is 9.29. The molecular weight excluding hydrogens is 342 g/mol. The van der Waals surface area contributed by atoms with Crippen molar-refractivity contribution in [2.45, 2.75) is 44.8 Å². The Hall–Kier alpha value is -1.91. The van der Waals surface area contributed by atoms with Crippen LogP contribution in [0.2, 0.25) is 0 Å². The molecule has 2 aliphatic carbocycles. The van der Waals surface area contributed by atoms with Crippen molar-refractivity contribution in [2.75, 3.05) is 0 Å². The molecule has 1 spiro atoms. The van der Waals surface area contributed by atoms with Gasteiger partial charge in [0.25, 0.3) is 0 Å². The molecule has 3 nitrogen and oxygen atoms in total. The van der Waals surface area contributed by atoms with Crippen molar-refractivity contribution in [3.63, 3.8) is 0 Å². The largest absolute Gasteiger partial charge is 0.228 e. The number of sulfonamides is 1. The molecule has 0 radical (unpaired) electrons. The van der Waals surface area contributed by atoms with Crippen LogP contribution < -0.4 is 5.14 Å². The average molecular weight is 368 g/mol. The monoisotopic (exact) mass is 367 g/mol. The fraction of sp³-hybridized carbons (Fsp3) is 0.364. The third-order valence-electron chi connectivity index (χ3n) is 5.81. The highest BCUT2D eigenvalue weighted by Gasteiger charge is 2.48. The topological polar surface area (TPSA) is 60.2 Å². The van der Waals surface area contributed by atoms with Crippen LogP contribution in [0.15, 0.2) is 48.5 Å². The number of nitrogens with two attached hydrogens (primary N) is 1. The minimum absolute atomic E-state index is 0.110. The summed E-state index contributed by atoms with van der Waals surface area (Å²) in [5.41, 5.74) is 8.01. The van der Waals surface area contributed by atoms with Gasteiger partial charge in [-0.15, -0.1) is 0 Å². The highest BCUT2D eigenvalue weighted by molar-refractivity contribution is 7.88. The standard InChI is InChI=1S/C22H25NO2S/c1-2-16-3-7-18(8-4-16)20-13-22(11-12-22)14-21(20)19-9-5-17(6-10-19)15-26(23,24)25/h3-10H,2,11-15H2,1H3,(H2,23,24,25). The normalized spacial score (nSPS) is 18.5. The van der Waals surface area contributed by atoms with E-state index in [-0.39, 0.29) is 5.75 Å². The molecule has 0 amide bonds. The summed E-state index contributed by atoms with van der Waals surface area (Å²) in [6, 6.07) is 16.9. The van der Waals surface area contributed by atoms with Gasteiger partial charge in [0.05, 0.1) is 5.75 Å². The molecule has 2 N–H and O–H groups in total. The molecule has 2 aromatic carbocycles. The third kappa shape index (κ3) is 3.62. The van der Waals surface area contributed by atoms with Crippen molar-refractivity contribution in [1.82, 2.24) is 0 Å². The zero-order chi connectivity index (χ0) is 18.4.